The summed E-state index contributed by atoms with van der Waals surface area (Å²) < 4.78 is 32.5. The predicted molar refractivity (Wildman–Crippen MR) is 78.7 cm³/mol. The standard InChI is InChI=1S/C13H21N3O3S/c1-2-16-8-9-19-13-5-4-11(10-12(13)16)20(17,18)15-7-3-6-14/h4-5,10,15H,2-3,6-9,14H2,1H3. The van der Waals surface area contributed by atoms with Gasteiger partial charge in [-0.1, -0.05) is 0 Å². The van der Waals surface area contributed by atoms with Gasteiger partial charge in [-0.05, 0) is 38.1 Å². The molecule has 0 amide bonds. The van der Waals surface area contributed by atoms with Crippen molar-refractivity contribution in [1.82, 2.24) is 4.72 Å². The van der Waals surface area contributed by atoms with Crippen molar-refractivity contribution in [2.24, 2.45) is 5.73 Å². The Balaban J connectivity index is 2.25. The minimum absolute atomic E-state index is 0.261. The first-order valence-corrected chi connectivity index (χ1v) is 8.28. The molecule has 0 aliphatic carbocycles. The van der Waals surface area contributed by atoms with Crippen LogP contribution in [0.25, 0.3) is 0 Å². The van der Waals surface area contributed by atoms with Crippen molar-refractivity contribution >= 4 is 15.7 Å². The SMILES string of the molecule is CCN1CCOc2ccc(S(=O)(=O)NCCCN)cc21. The van der Waals surface area contributed by atoms with Crippen molar-refractivity contribution in [1.29, 1.82) is 0 Å². The molecule has 6 nitrogen and oxygen atoms in total. The third kappa shape index (κ3) is 3.23. The van der Waals surface area contributed by atoms with E-state index in [-0.39, 0.29) is 4.90 Å². The third-order valence-corrected chi connectivity index (χ3v) is 4.71. The summed E-state index contributed by atoms with van der Waals surface area (Å²) in [6.07, 6.45) is 0.619. The molecule has 0 saturated carbocycles. The smallest absolute Gasteiger partial charge is 0.240 e. The van der Waals surface area contributed by atoms with E-state index in [1.807, 2.05) is 6.92 Å². The van der Waals surface area contributed by atoms with E-state index >= 15 is 0 Å². The number of ether oxygens (including phenoxy) is 1. The van der Waals surface area contributed by atoms with E-state index in [0.29, 0.717) is 26.1 Å². The predicted octanol–water partition coefficient (Wildman–Crippen LogP) is 0.532. The number of sulfonamides is 1. The quantitative estimate of drug-likeness (QED) is 0.749. The van der Waals surface area contributed by atoms with E-state index in [0.717, 1.165) is 24.5 Å². The van der Waals surface area contributed by atoms with E-state index in [1.54, 1.807) is 18.2 Å². The number of hydrogen-bond acceptors (Lipinski definition) is 5. The molecule has 1 aliphatic rings. The topological polar surface area (TPSA) is 84.7 Å². The van der Waals surface area contributed by atoms with Crippen LogP contribution in [0.1, 0.15) is 13.3 Å². The van der Waals surface area contributed by atoms with Crippen molar-refractivity contribution in [2.45, 2.75) is 18.2 Å². The van der Waals surface area contributed by atoms with Gasteiger partial charge in [-0.25, -0.2) is 13.1 Å². The number of rotatable bonds is 6. The molecule has 112 valence electrons. The summed E-state index contributed by atoms with van der Waals surface area (Å²) in [5.41, 5.74) is 6.20. The molecule has 3 N–H and O–H groups in total. The lowest BCUT2D eigenvalue weighted by Gasteiger charge is -2.30. The Morgan fingerprint density at radius 1 is 1.45 bits per heavy atom. The van der Waals surface area contributed by atoms with Crippen molar-refractivity contribution < 1.29 is 13.2 Å². The van der Waals surface area contributed by atoms with Gasteiger partial charge in [0, 0.05) is 13.1 Å². The van der Waals surface area contributed by atoms with Crippen LogP contribution >= 0.6 is 0 Å². The molecule has 0 unspecified atom stereocenters. The van der Waals surface area contributed by atoms with Crippen LogP contribution in [0.2, 0.25) is 0 Å². The van der Waals surface area contributed by atoms with Gasteiger partial charge < -0.3 is 15.4 Å². The van der Waals surface area contributed by atoms with Gasteiger partial charge in [0.05, 0.1) is 17.1 Å². The summed E-state index contributed by atoms with van der Waals surface area (Å²) in [5, 5.41) is 0. The van der Waals surface area contributed by atoms with Gasteiger partial charge in [-0.2, -0.15) is 0 Å². The third-order valence-electron chi connectivity index (χ3n) is 3.25. The maximum absolute atomic E-state index is 12.2. The first kappa shape index (κ1) is 15.1. The summed E-state index contributed by atoms with van der Waals surface area (Å²) in [7, 11) is -3.49. The molecular weight excluding hydrogens is 278 g/mol. The molecule has 1 heterocycles. The maximum atomic E-state index is 12.2. The van der Waals surface area contributed by atoms with Crippen LogP contribution in [-0.2, 0) is 10.0 Å². The highest BCUT2D eigenvalue weighted by Gasteiger charge is 2.21. The highest BCUT2D eigenvalue weighted by molar-refractivity contribution is 7.89. The van der Waals surface area contributed by atoms with E-state index in [9.17, 15) is 8.42 Å². The Morgan fingerprint density at radius 2 is 2.25 bits per heavy atom. The summed E-state index contributed by atoms with van der Waals surface area (Å²) in [6.45, 7) is 5.07. The molecule has 2 rings (SSSR count). The summed E-state index contributed by atoms with van der Waals surface area (Å²) in [6, 6.07) is 4.96. The molecule has 0 radical (unpaired) electrons. The molecule has 0 bridgehead atoms. The number of nitrogens with zero attached hydrogens (tertiary/aromatic N) is 1. The fraction of sp³-hybridized carbons (Fsp3) is 0.538. The zero-order valence-corrected chi connectivity index (χ0v) is 12.4. The average Bonchev–Trinajstić information content (AvgIpc) is 2.46. The molecule has 0 aromatic heterocycles. The van der Waals surface area contributed by atoms with E-state index in [4.69, 9.17) is 10.5 Å². The van der Waals surface area contributed by atoms with Crippen LogP contribution in [0, 0.1) is 0 Å². The van der Waals surface area contributed by atoms with Crippen molar-refractivity contribution in [3.63, 3.8) is 0 Å². The number of fused-ring (bicyclic) bond motifs is 1. The van der Waals surface area contributed by atoms with Crippen LogP contribution < -0.4 is 20.1 Å². The number of nitrogens with one attached hydrogen (secondary N) is 1. The fourth-order valence-corrected chi connectivity index (χ4v) is 3.23. The van der Waals surface area contributed by atoms with Gasteiger partial charge in [0.2, 0.25) is 10.0 Å². The van der Waals surface area contributed by atoms with Gasteiger partial charge in [0.25, 0.3) is 0 Å². The Kier molecular flexibility index (Phi) is 4.85. The van der Waals surface area contributed by atoms with E-state index in [2.05, 4.69) is 9.62 Å². The molecule has 0 saturated heterocycles. The molecule has 7 heteroatoms. The average molecular weight is 299 g/mol. The zero-order valence-electron chi connectivity index (χ0n) is 11.6. The molecule has 1 aliphatic heterocycles. The number of anilines is 1. The Hall–Kier alpha value is -1.31. The lowest BCUT2D eigenvalue weighted by molar-refractivity contribution is 0.308. The van der Waals surface area contributed by atoms with Crippen LogP contribution in [-0.4, -0.2) is 41.2 Å². The molecular formula is C13H21N3O3S. The minimum Gasteiger partial charge on any atom is -0.490 e. The van der Waals surface area contributed by atoms with Gasteiger partial charge in [-0.15, -0.1) is 0 Å². The van der Waals surface area contributed by atoms with Crippen LogP contribution in [0.3, 0.4) is 0 Å². The largest absolute Gasteiger partial charge is 0.490 e. The lowest BCUT2D eigenvalue weighted by Crippen LogP contribution is -2.33. The monoisotopic (exact) mass is 299 g/mol. The van der Waals surface area contributed by atoms with E-state index < -0.39 is 10.0 Å². The Labute approximate surface area is 120 Å². The number of likely N-dealkylation sites (N-methyl/N-ethyl adjacent to an activating group) is 1. The van der Waals surface area contributed by atoms with Crippen LogP contribution in [0.15, 0.2) is 23.1 Å². The van der Waals surface area contributed by atoms with E-state index in [1.165, 1.54) is 0 Å². The van der Waals surface area contributed by atoms with Crippen molar-refractivity contribution in [3.05, 3.63) is 18.2 Å². The fourth-order valence-electron chi connectivity index (χ4n) is 2.14. The summed E-state index contributed by atoms with van der Waals surface area (Å²) >= 11 is 0. The molecule has 0 atom stereocenters. The van der Waals surface area contributed by atoms with Gasteiger partial charge in [0.15, 0.2) is 0 Å². The summed E-state index contributed by atoms with van der Waals surface area (Å²) in [4.78, 5) is 2.37. The second kappa shape index (κ2) is 6.43. The number of benzene rings is 1. The van der Waals surface area contributed by atoms with Crippen LogP contribution in [0.5, 0.6) is 5.75 Å². The first-order chi connectivity index (χ1) is 9.58. The molecule has 0 fully saturated rings. The van der Waals surface area contributed by atoms with Gasteiger partial charge in [-0.3, -0.25) is 0 Å². The first-order valence-electron chi connectivity index (χ1n) is 6.80. The minimum atomic E-state index is -3.49. The summed E-state index contributed by atoms with van der Waals surface area (Å²) in [5.74, 6) is 0.735. The second-order valence-electron chi connectivity index (χ2n) is 4.60. The highest BCUT2D eigenvalue weighted by Crippen LogP contribution is 2.33. The van der Waals surface area contributed by atoms with Crippen LogP contribution in [0.4, 0.5) is 5.69 Å². The molecule has 1 aromatic rings. The maximum Gasteiger partial charge on any atom is 0.240 e. The number of nitrogens with two attached hydrogens (primary N) is 1. The lowest BCUT2D eigenvalue weighted by atomic mass is 10.2. The number of hydrogen-bond donors (Lipinski definition) is 2. The molecule has 20 heavy (non-hydrogen) atoms. The normalized spacial score (nSPS) is 14.8. The Morgan fingerprint density at radius 3 is 2.95 bits per heavy atom. The van der Waals surface area contributed by atoms with Gasteiger partial charge >= 0.3 is 0 Å². The zero-order chi connectivity index (χ0) is 14.6. The molecule has 1 aromatic carbocycles. The highest BCUT2D eigenvalue weighted by atomic mass is 32.2. The second-order valence-corrected chi connectivity index (χ2v) is 6.36. The van der Waals surface area contributed by atoms with Crippen molar-refractivity contribution in [3.8, 4) is 5.75 Å². The molecule has 0 spiro atoms. The Bertz CT molecular complexity index is 560. The van der Waals surface area contributed by atoms with Crippen molar-refractivity contribution in [2.75, 3.05) is 37.7 Å². The van der Waals surface area contributed by atoms with Gasteiger partial charge in [0.1, 0.15) is 12.4 Å².